The van der Waals surface area contributed by atoms with Crippen LogP contribution >= 0.6 is 19.4 Å². The number of aliphatic hydroxyl groups excluding tert-OH is 1. The first-order chi connectivity index (χ1) is 10.4. The molecule has 0 amide bonds. The second-order valence-electron chi connectivity index (χ2n) is 4.80. The van der Waals surface area contributed by atoms with Crippen molar-refractivity contribution in [2.24, 2.45) is 0 Å². The van der Waals surface area contributed by atoms with E-state index in [1.54, 1.807) is 0 Å². The first-order valence-electron chi connectivity index (χ1n) is 6.25. The van der Waals surface area contributed by atoms with Crippen LogP contribution in [0.15, 0.2) is 12.7 Å². The van der Waals surface area contributed by atoms with E-state index in [1.165, 1.54) is 17.2 Å². The average molecular weight is 347 g/mol. The minimum absolute atomic E-state index is 0.163. The molecule has 3 heterocycles. The Morgan fingerprint density at radius 3 is 2.95 bits per heavy atom. The van der Waals surface area contributed by atoms with Gasteiger partial charge in [-0.15, -0.1) is 11.8 Å². The molecule has 1 fully saturated rings. The van der Waals surface area contributed by atoms with Crippen LogP contribution in [-0.4, -0.2) is 57.9 Å². The third kappa shape index (κ3) is 2.96. The molecule has 12 heteroatoms. The Morgan fingerprint density at radius 1 is 1.45 bits per heavy atom. The van der Waals surface area contributed by atoms with Gasteiger partial charge in [0.1, 0.15) is 17.9 Å². The van der Waals surface area contributed by atoms with E-state index in [2.05, 4.69) is 15.0 Å². The maximum absolute atomic E-state index is 10.9. The number of thioether (sulfide) groups is 1. The molecule has 0 unspecified atom stereocenters. The molecule has 0 aromatic carbocycles. The summed E-state index contributed by atoms with van der Waals surface area (Å²) in [6.45, 7) is 0.163. The Morgan fingerprint density at radius 2 is 2.23 bits per heavy atom. The first-order valence-corrected chi connectivity index (χ1v) is 9.10. The molecule has 10 nitrogen and oxygen atoms in total. The normalized spacial score (nSPS) is 25.9. The molecule has 0 aliphatic carbocycles. The lowest BCUT2D eigenvalue weighted by molar-refractivity contribution is -0.00602. The average Bonchev–Trinajstić information content (AvgIpc) is 3.00. The molecule has 1 aliphatic heterocycles. The van der Waals surface area contributed by atoms with Gasteiger partial charge in [0.2, 0.25) is 0 Å². The number of nitrogens with zero attached hydrogens (tertiary/aromatic N) is 4. The van der Waals surface area contributed by atoms with E-state index in [0.29, 0.717) is 11.2 Å². The predicted molar refractivity (Wildman–Crippen MR) is 79.0 cm³/mol. The Hall–Kier alpha value is -1.23. The Labute approximate surface area is 128 Å². The van der Waals surface area contributed by atoms with Crippen molar-refractivity contribution in [3.63, 3.8) is 0 Å². The zero-order valence-electron chi connectivity index (χ0n) is 11.2. The van der Waals surface area contributed by atoms with Crippen molar-refractivity contribution in [2.45, 2.75) is 17.6 Å². The van der Waals surface area contributed by atoms with Crippen LogP contribution in [-0.2, 0) is 9.30 Å². The smallest absolute Gasteiger partial charge is 0.335 e. The van der Waals surface area contributed by atoms with Crippen molar-refractivity contribution in [3.05, 3.63) is 12.7 Å². The lowest BCUT2D eigenvalue weighted by atomic mass is 10.2. The molecule has 0 bridgehead atoms. The number of aliphatic hydroxyl groups is 1. The van der Waals surface area contributed by atoms with E-state index in [4.69, 9.17) is 20.3 Å². The number of imidazole rings is 1. The van der Waals surface area contributed by atoms with Crippen LogP contribution in [0.1, 0.15) is 6.23 Å². The molecule has 0 saturated carbocycles. The summed E-state index contributed by atoms with van der Waals surface area (Å²) in [5, 5.41) is 9.87. The van der Waals surface area contributed by atoms with Crippen LogP contribution in [0.5, 0.6) is 0 Å². The van der Waals surface area contributed by atoms with Gasteiger partial charge >= 0.3 is 7.60 Å². The van der Waals surface area contributed by atoms with Gasteiger partial charge in [0.15, 0.2) is 17.7 Å². The summed E-state index contributed by atoms with van der Waals surface area (Å²) in [5.41, 5.74) is 6.17. The van der Waals surface area contributed by atoms with Crippen LogP contribution in [0, 0.1) is 0 Å². The molecule has 2 aromatic heterocycles. The van der Waals surface area contributed by atoms with Crippen LogP contribution in [0.2, 0.25) is 0 Å². The summed E-state index contributed by atoms with van der Waals surface area (Å²) < 4.78 is 18.0. The molecule has 3 atom stereocenters. The fraction of sp³-hybridized carbons (Fsp3) is 0.500. The zero-order valence-corrected chi connectivity index (χ0v) is 12.9. The number of hydrogen-bond acceptors (Lipinski definition) is 8. The molecule has 3 rings (SSSR count). The van der Waals surface area contributed by atoms with Gasteiger partial charge in [0.25, 0.3) is 0 Å². The number of rotatable bonds is 4. The Bertz CT molecular complexity index is 736. The zero-order chi connectivity index (χ0) is 15.9. The van der Waals surface area contributed by atoms with Crippen LogP contribution < -0.4 is 5.73 Å². The van der Waals surface area contributed by atoms with Crippen molar-refractivity contribution in [1.82, 2.24) is 19.5 Å². The molecule has 5 N–H and O–H groups in total. The molecule has 2 aromatic rings. The standard InChI is InChI=1S/C10H14N5O5PS/c11-8-6-9(13-2-12-8)15(3-14-6)10-7(16)5(1-20-10)22-4-21(17,18)19/h2-3,5,7,10,16H,1,4H2,(H2,11,12,13)(H2,17,18,19)/t5-,7+,10+/m0/s1. The van der Waals surface area contributed by atoms with Crippen LogP contribution in [0.4, 0.5) is 5.82 Å². The fourth-order valence-corrected chi connectivity index (χ4v) is 4.26. The van der Waals surface area contributed by atoms with E-state index < -0.39 is 25.2 Å². The Kier molecular flexibility index (Phi) is 4.10. The maximum atomic E-state index is 10.9. The molecule has 120 valence electrons. The number of ether oxygens (including phenoxy) is 1. The molecule has 1 aliphatic rings. The van der Waals surface area contributed by atoms with Gasteiger partial charge in [0, 0.05) is 0 Å². The lowest BCUT2D eigenvalue weighted by Gasteiger charge is -2.18. The summed E-state index contributed by atoms with van der Waals surface area (Å²) in [6, 6.07) is 0. The van der Waals surface area contributed by atoms with Gasteiger partial charge in [-0.3, -0.25) is 9.13 Å². The molecule has 0 spiro atoms. The van der Waals surface area contributed by atoms with Gasteiger partial charge < -0.3 is 25.4 Å². The van der Waals surface area contributed by atoms with Gasteiger partial charge in [-0.1, -0.05) is 0 Å². The molecular formula is C10H14N5O5PS. The van der Waals surface area contributed by atoms with Gasteiger partial charge in [-0.2, -0.15) is 0 Å². The SMILES string of the molecule is Nc1ncnc2c1ncn2[C@@H]1OC[C@H](SCP(=O)(O)O)[C@H]1O. The molecule has 0 radical (unpaired) electrons. The van der Waals surface area contributed by atoms with Gasteiger partial charge in [0.05, 0.1) is 23.7 Å². The third-order valence-electron chi connectivity index (χ3n) is 3.22. The summed E-state index contributed by atoms with van der Waals surface area (Å²) in [5.74, 6) is 0.226. The Balaban J connectivity index is 1.81. The summed E-state index contributed by atoms with van der Waals surface area (Å²) in [4.78, 5) is 29.8. The second kappa shape index (κ2) is 5.76. The van der Waals surface area contributed by atoms with Crippen molar-refractivity contribution in [2.75, 3.05) is 17.8 Å². The van der Waals surface area contributed by atoms with E-state index in [1.807, 2.05) is 0 Å². The number of fused-ring (bicyclic) bond motifs is 1. The highest BCUT2D eigenvalue weighted by Crippen LogP contribution is 2.43. The predicted octanol–water partition coefficient (Wildman–Crippen LogP) is -0.465. The maximum Gasteiger partial charge on any atom is 0.335 e. The molecular weight excluding hydrogens is 333 g/mol. The van der Waals surface area contributed by atoms with Crippen molar-refractivity contribution >= 4 is 36.3 Å². The summed E-state index contributed by atoms with van der Waals surface area (Å²) in [7, 11) is -4.13. The summed E-state index contributed by atoms with van der Waals surface area (Å²) in [6.07, 6.45) is 1.04. The lowest BCUT2D eigenvalue weighted by Crippen LogP contribution is -2.26. The minimum atomic E-state index is -4.13. The molecule has 1 saturated heterocycles. The number of anilines is 1. The monoisotopic (exact) mass is 347 g/mol. The van der Waals surface area contributed by atoms with E-state index in [0.717, 1.165) is 11.8 Å². The number of nitrogen functional groups attached to an aromatic ring is 1. The van der Waals surface area contributed by atoms with E-state index >= 15 is 0 Å². The van der Waals surface area contributed by atoms with Crippen LogP contribution in [0.3, 0.4) is 0 Å². The molecule has 22 heavy (non-hydrogen) atoms. The van der Waals surface area contributed by atoms with Crippen LogP contribution in [0.25, 0.3) is 11.2 Å². The number of hydrogen-bond donors (Lipinski definition) is 4. The number of aromatic nitrogens is 4. The van der Waals surface area contributed by atoms with Gasteiger partial charge in [-0.25, -0.2) is 15.0 Å². The fourth-order valence-electron chi connectivity index (χ4n) is 2.21. The first kappa shape index (κ1) is 15.7. The number of nitrogens with two attached hydrogens (primary N) is 1. The largest absolute Gasteiger partial charge is 0.387 e. The third-order valence-corrected chi connectivity index (χ3v) is 6.01. The summed E-state index contributed by atoms with van der Waals surface area (Å²) >= 11 is 0.979. The second-order valence-corrected chi connectivity index (χ2v) is 8.10. The highest BCUT2D eigenvalue weighted by Gasteiger charge is 2.39. The highest BCUT2D eigenvalue weighted by molar-refractivity contribution is 8.05. The van der Waals surface area contributed by atoms with Crippen molar-refractivity contribution < 1.29 is 24.2 Å². The van der Waals surface area contributed by atoms with E-state index in [-0.39, 0.29) is 17.9 Å². The van der Waals surface area contributed by atoms with E-state index in [9.17, 15) is 9.67 Å². The quantitative estimate of drug-likeness (QED) is 0.533. The van der Waals surface area contributed by atoms with Crippen molar-refractivity contribution in [3.8, 4) is 0 Å². The van der Waals surface area contributed by atoms with Crippen molar-refractivity contribution in [1.29, 1.82) is 0 Å². The van der Waals surface area contributed by atoms with Gasteiger partial charge in [-0.05, 0) is 0 Å². The minimum Gasteiger partial charge on any atom is -0.387 e. The topological polar surface area (TPSA) is 157 Å². The highest BCUT2D eigenvalue weighted by atomic mass is 32.2.